The summed E-state index contributed by atoms with van der Waals surface area (Å²) >= 11 is 0. The molecule has 352 valence electrons. The summed E-state index contributed by atoms with van der Waals surface area (Å²) < 4.78 is 0. The van der Waals surface area contributed by atoms with Crippen LogP contribution in [0.15, 0.2) is 122 Å². The third kappa shape index (κ3) is 31.7. The predicted molar refractivity (Wildman–Crippen MR) is 281 cm³/mol. The Morgan fingerprint density at radius 1 is 0.403 bits per heavy atom. The van der Waals surface area contributed by atoms with E-state index in [1.807, 2.05) is 0 Å². The molecule has 1 aliphatic rings. The Bertz CT molecular complexity index is 1170. The van der Waals surface area contributed by atoms with Crippen molar-refractivity contribution in [3.63, 3.8) is 0 Å². The highest BCUT2D eigenvalue weighted by Gasteiger charge is 2.25. The van der Waals surface area contributed by atoms with Crippen LogP contribution in [0.1, 0.15) is 171 Å². The average molecular weight is 853 g/mol. The van der Waals surface area contributed by atoms with E-state index in [4.69, 9.17) is 0 Å². The molecule has 1 fully saturated rings. The van der Waals surface area contributed by atoms with Crippen LogP contribution in [0.3, 0.4) is 0 Å². The van der Waals surface area contributed by atoms with Crippen molar-refractivity contribution < 1.29 is 0 Å². The van der Waals surface area contributed by atoms with Gasteiger partial charge in [-0.1, -0.05) is 166 Å². The quantitative estimate of drug-likeness (QED) is 0.0479. The van der Waals surface area contributed by atoms with Gasteiger partial charge in [0.25, 0.3) is 0 Å². The summed E-state index contributed by atoms with van der Waals surface area (Å²) in [4.78, 5) is 5.50. The van der Waals surface area contributed by atoms with E-state index < -0.39 is 0 Å². The van der Waals surface area contributed by atoms with Crippen molar-refractivity contribution in [2.75, 3.05) is 39.3 Å². The highest BCUT2D eigenvalue weighted by molar-refractivity contribution is 5.20. The first-order valence-corrected chi connectivity index (χ1v) is 25.7. The fraction of sp³-hybridized carbons (Fsp3) is 0.655. The number of hydrogen-bond acceptors (Lipinski definition) is 4. The smallest absolute Gasteiger partial charge is 0.0651 e. The Morgan fingerprint density at radius 3 is 0.919 bits per heavy atom. The van der Waals surface area contributed by atoms with Gasteiger partial charge in [0.05, 0.1) is 12.1 Å². The van der Waals surface area contributed by atoms with E-state index in [1.54, 1.807) is 0 Å². The fourth-order valence-corrected chi connectivity index (χ4v) is 8.32. The highest BCUT2D eigenvalue weighted by Crippen LogP contribution is 2.21. The van der Waals surface area contributed by atoms with Gasteiger partial charge >= 0.3 is 0 Å². The largest absolute Gasteiger partial charge is 0.379 e. The summed E-state index contributed by atoms with van der Waals surface area (Å²) in [7, 11) is 0. The molecule has 1 aliphatic heterocycles. The number of nitrogens with one attached hydrogen (secondary N) is 2. The summed E-state index contributed by atoms with van der Waals surface area (Å²) in [6.07, 6.45) is 57.3. The Morgan fingerprint density at radius 2 is 0.661 bits per heavy atom. The molecular weight excluding hydrogens is 753 g/mol. The van der Waals surface area contributed by atoms with Crippen LogP contribution >= 0.6 is 0 Å². The molecule has 6 unspecified atom stereocenters. The molecule has 4 heteroatoms. The lowest BCUT2D eigenvalue weighted by Gasteiger charge is -2.37. The molecule has 1 heterocycles. The minimum absolute atomic E-state index is 0.260. The Kier molecular flexibility index (Phi) is 36.3. The van der Waals surface area contributed by atoms with E-state index in [0.29, 0.717) is 23.7 Å². The molecule has 4 nitrogen and oxygen atoms in total. The van der Waals surface area contributed by atoms with Crippen LogP contribution in [0.5, 0.6) is 0 Å². The molecule has 0 aromatic carbocycles. The van der Waals surface area contributed by atoms with Gasteiger partial charge in [-0.05, 0) is 152 Å². The molecule has 1 rings (SSSR count). The van der Waals surface area contributed by atoms with Crippen molar-refractivity contribution in [3.8, 4) is 0 Å². The van der Waals surface area contributed by atoms with Crippen molar-refractivity contribution in [2.24, 2.45) is 23.7 Å². The normalized spacial score (nSPS) is 18.7. The maximum atomic E-state index is 4.52. The maximum Gasteiger partial charge on any atom is 0.0651 e. The van der Waals surface area contributed by atoms with Crippen molar-refractivity contribution in [3.05, 3.63) is 122 Å². The number of rotatable bonds is 38. The van der Waals surface area contributed by atoms with Crippen LogP contribution in [0.2, 0.25) is 0 Å². The predicted octanol–water partition coefficient (Wildman–Crippen LogP) is 15.6. The molecule has 0 aromatic heterocycles. The van der Waals surface area contributed by atoms with Crippen molar-refractivity contribution in [2.45, 2.75) is 183 Å². The molecule has 0 aromatic rings. The molecule has 0 bridgehead atoms. The van der Waals surface area contributed by atoms with E-state index >= 15 is 0 Å². The first kappa shape index (κ1) is 56.9. The zero-order valence-electron chi connectivity index (χ0n) is 42.0. The Balaban J connectivity index is 2.67. The average Bonchev–Trinajstić information content (AvgIpc) is 3.24. The SMILES string of the molecule is C=C1NC(CCCCN(CC(C)C/C=C\C/C=C\CC)CC(C)C/C=C\C/C=C\CC)C(=C)NC1CCCCN(CC(C)C/C=C\C/C=C\CC)CC(C)C/C=C\C/C=C\CC. The summed E-state index contributed by atoms with van der Waals surface area (Å²) in [5.41, 5.74) is 2.28. The van der Waals surface area contributed by atoms with Crippen molar-refractivity contribution in [1.82, 2.24) is 20.4 Å². The van der Waals surface area contributed by atoms with Gasteiger partial charge < -0.3 is 20.4 Å². The molecule has 0 saturated carbocycles. The van der Waals surface area contributed by atoms with E-state index in [2.05, 4.69) is 186 Å². The highest BCUT2D eigenvalue weighted by atomic mass is 15.1. The second-order valence-electron chi connectivity index (χ2n) is 18.7. The van der Waals surface area contributed by atoms with Gasteiger partial charge in [-0.2, -0.15) is 0 Å². The standard InChI is InChI=1S/C58H100N4/c1-11-15-19-23-27-31-39-51(5)47-61(48-52(6)40-32-28-24-20-16-12-2)45-37-35-43-57-55(9)60-58(56(10)59-57)44-36-38-46-62(49-53(7)41-33-29-25-21-17-13-3)50-54(8)42-34-30-26-22-18-14-4/h15-22,27-34,51-54,57-60H,9-14,23-26,35-50H2,1-8H3/b19-15-,20-16-,21-17-,22-18-,31-27-,32-28-,33-29-,34-30-. The van der Waals surface area contributed by atoms with Gasteiger partial charge in [0.2, 0.25) is 0 Å². The van der Waals surface area contributed by atoms with Gasteiger partial charge in [-0.25, -0.2) is 0 Å². The lowest BCUT2D eigenvalue weighted by Crippen LogP contribution is -2.50. The molecule has 0 amide bonds. The Labute approximate surface area is 386 Å². The topological polar surface area (TPSA) is 30.5 Å². The number of piperazine rings is 1. The van der Waals surface area contributed by atoms with Crippen LogP contribution in [-0.2, 0) is 0 Å². The number of allylic oxidation sites excluding steroid dienone is 16. The van der Waals surface area contributed by atoms with Crippen LogP contribution in [-0.4, -0.2) is 61.2 Å². The number of nitrogens with zero attached hydrogens (tertiary/aromatic N) is 2. The zero-order valence-corrected chi connectivity index (χ0v) is 42.0. The van der Waals surface area contributed by atoms with Gasteiger partial charge in [-0.15, -0.1) is 0 Å². The molecule has 0 radical (unpaired) electrons. The summed E-state index contributed by atoms with van der Waals surface area (Å²) in [5.74, 6) is 2.61. The van der Waals surface area contributed by atoms with Crippen LogP contribution in [0, 0.1) is 23.7 Å². The Hall–Kier alpha value is -3.08. The van der Waals surface area contributed by atoms with Gasteiger partial charge in [-0.3, -0.25) is 0 Å². The van der Waals surface area contributed by atoms with Gasteiger partial charge in [0.15, 0.2) is 0 Å². The minimum atomic E-state index is 0.260. The van der Waals surface area contributed by atoms with E-state index in [9.17, 15) is 0 Å². The van der Waals surface area contributed by atoms with Crippen molar-refractivity contribution in [1.29, 1.82) is 0 Å². The van der Waals surface area contributed by atoms with E-state index in [1.165, 1.54) is 25.7 Å². The second kappa shape index (κ2) is 39.5. The summed E-state index contributed by atoms with van der Waals surface area (Å²) in [5, 5.41) is 7.60. The molecule has 6 atom stereocenters. The third-order valence-electron chi connectivity index (χ3n) is 11.8. The number of hydrogen-bond donors (Lipinski definition) is 2. The molecular formula is C58H100N4. The lowest BCUT2D eigenvalue weighted by atomic mass is 9.97. The summed E-state index contributed by atoms with van der Waals surface area (Å²) in [6.45, 7) is 34.5. The summed E-state index contributed by atoms with van der Waals surface area (Å²) in [6, 6.07) is 0.520. The first-order valence-electron chi connectivity index (χ1n) is 25.7. The number of unbranched alkanes of at least 4 members (excludes halogenated alkanes) is 2. The van der Waals surface area contributed by atoms with Crippen LogP contribution in [0.25, 0.3) is 0 Å². The van der Waals surface area contributed by atoms with E-state index in [0.717, 1.165) is 141 Å². The van der Waals surface area contributed by atoms with Crippen LogP contribution < -0.4 is 10.6 Å². The molecule has 0 spiro atoms. The second-order valence-corrected chi connectivity index (χ2v) is 18.7. The van der Waals surface area contributed by atoms with Crippen LogP contribution in [0.4, 0.5) is 0 Å². The minimum Gasteiger partial charge on any atom is -0.379 e. The van der Waals surface area contributed by atoms with E-state index in [-0.39, 0.29) is 12.1 Å². The molecule has 62 heavy (non-hydrogen) atoms. The fourth-order valence-electron chi connectivity index (χ4n) is 8.32. The zero-order chi connectivity index (χ0) is 45.5. The third-order valence-corrected chi connectivity index (χ3v) is 11.8. The monoisotopic (exact) mass is 853 g/mol. The van der Waals surface area contributed by atoms with Gasteiger partial charge in [0, 0.05) is 37.6 Å². The molecule has 2 N–H and O–H groups in total. The maximum absolute atomic E-state index is 4.52. The lowest BCUT2D eigenvalue weighted by molar-refractivity contribution is 0.203. The molecule has 0 aliphatic carbocycles. The molecule has 1 saturated heterocycles. The van der Waals surface area contributed by atoms with Gasteiger partial charge in [0.1, 0.15) is 0 Å². The first-order chi connectivity index (χ1) is 30.1. The van der Waals surface area contributed by atoms with Crippen molar-refractivity contribution >= 4 is 0 Å².